The molecule has 2 aromatic rings. The maximum Gasteiger partial charge on any atom is 0.194 e. The highest BCUT2D eigenvalue weighted by molar-refractivity contribution is 6.30. The Morgan fingerprint density at radius 2 is 2.12 bits per heavy atom. The fourth-order valence-corrected chi connectivity index (χ4v) is 3.09. The Bertz CT molecular complexity index is 715. The lowest BCUT2D eigenvalue weighted by molar-refractivity contribution is 0.460. The van der Waals surface area contributed by atoms with E-state index in [-0.39, 0.29) is 0 Å². The van der Waals surface area contributed by atoms with E-state index in [0.717, 1.165) is 55.0 Å². The van der Waals surface area contributed by atoms with E-state index in [1.807, 2.05) is 42.5 Å². The van der Waals surface area contributed by atoms with Gasteiger partial charge in [0.15, 0.2) is 5.96 Å². The molecule has 0 aromatic carbocycles. The Kier molecular flexibility index (Phi) is 6.93. The first-order valence-corrected chi connectivity index (χ1v) is 9.09. The molecule has 0 atom stereocenters. The van der Waals surface area contributed by atoms with Crippen molar-refractivity contribution in [2.45, 2.75) is 40.3 Å². The maximum atomic E-state index is 6.07. The number of aromatic nitrogens is 3. The van der Waals surface area contributed by atoms with Gasteiger partial charge < -0.3 is 14.8 Å². The minimum atomic E-state index is 0.756. The average molecular weight is 365 g/mol. The Hall–Kier alpha value is -1.95. The monoisotopic (exact) mass is 364 g/mol. The SMILES string of the molecule is CCNC(=NCCCn1nc(C)cc1C)N(C)Cc1cc(Cl)cn1C. The molecule has 6 nitrogen and oxygen atoms in total. The van der Waals surface area contributed by atoms with E-state index >= 15 is 0 Å². The molecule has 2 aromatic heterocycles. The lowest BCUT2D eigenvalue weighted by Gasteiger charge is -2.22. The molecule has 1 N–H and O–H groups in total. The van der Waals surface area contributed by atoms with Crippen LogP contribution in [-0.2, 0) is 20.1 Å². The lowest BCUT2D eigenvalue weighted by Crippen LogP contribution is -2.39. The number of hydrogen-bond donors (Lipinski definition) is 1. The fraction of sp³-hybridized carbons (Fsp3) is 0.556. The summed E-state index contributed by atoms with van der Waals surface area (Å²) in [6.07, 6.45) is 2.88. The van der Waals surface area contributed by atoms with Gasteiger partial charge in [-0.1, -0.05) is 11.6 Å². The number of nitrogens with one attached hydrogen (secondary N) is 1. The van der Waals surface area contributed by atoms with Crippen LogP contribution in [0.1, 0.15) is 30.4 Å². The molecule has 0 spiro atoms. The zero-order chi connectivity index (χ0) is 18.4. The van der Waals surface area contributed by atoms with Crippen molar-refractivity contribution in [1.29, 1.82) is 0 Å². The Morgan fingerprint density at radius 1 is 1.36 bits per heavy atom. The molecular weight excluding hydrogens is 336 g/mol. The zero-order valence-corrected chi connectivity index (χ0v) is 16.6. The van der Waals surface area contributed by atoms with Crippen LogP contribution < -0.4 is 5.32 Å². The number of aryl methyl sites for hydroxylation is 4. The zero-order valence-electron chi connectivity index (χ0n) is 15.9. The Labute approximate surface area is 155 Å². The molecule has 0 aliphatic heterocycles. The van der Waals surface area contributed by atoms with Gasteiger partial charge in [-0.05, 0) is 39.3 Å². The first kappa shape index (κ1) is 19.4. The summed E-state index contributed by atoms with van der Waals surface area (Å²) in [6, 6.07) is 4.09. The molecule has 0 radical (unpaired) electrons. The van der Waals surface area contributed by atoms with Gasteiger partial charge in [-0.2, -0.15) is 5.10 Å². The number of aliphatic imine (C=N–C) groups is 1. The predicted octanol–water partition coefficient (Wildman–Crippen LogP) is 2.98. The normalized spacial score (nSPS) is 11.8. The van der Waals surface area contributed by atoms with Crippen molar-refractivity contribution in [2.24, 2.45) is 12.0 Å². The molecule has 0 saturated carbocycles. The molecule has 138 valence electrons. The van der Waals surface area contributed by atoms with E-state index in [1.54, 1.807) is 0 Å². The fourth-order valence-electron chi connectivity index (χ4n) is 2.82. The molecule has 2 heterocycles. The van der Waals surface area contributed by atoms with Crippen LogP contribution in [0, 0.1) is 13.8 Å². The topological polar surface area (TPSA) is 50.4 Å². The van der Waals surface area contributed by atoms with Crippen molar-refractivity contribution in [3.05, 3.63) is 40.4 Å². The summed E-state index contributed by atoms with van der Waals surface area (Å²) in [4.78, 5) is 6.87. The number of hydrogen-bond acceptors (Lipinski definition) is 2. The van der Waals surface area contributed by atoms with Crippen LogP contribution >= 0.6 is 11.6 Å². The second-order valence-electron chi connectivity index (χ2n) is 6.36. The van der Waals surface area contributed by atoms with Crippen molar-refractivity contribution in [3.8, 4) is 0 Å². The van der Waals surface area contributed by atoms with E-state index in [0.29, 0.717) is 0 Å². The summed E-state index contributed by atoms with van der Waals surface area (Å²) in [5.41, 5.74) is 3.42. The van der Waals surface area contributed by atoms with Crippen molar-refractivity contribution in [3.63, 3.8) is 0 Å². The van der Waals surface area contributed by atoms with Gasteiger partial charge in [0.1, 0.15) is 0 Å². The predicted molar refractivity (Wildman–Crippen MR) is 104 cm³/mol. The number of rotatable bonds is 7. The third-order valence-electron chi connectivity index (χ3n) is 4.06. The van der Waals surface area contributed by atoms with Gasteiger partial charge >= 0.3 is 0 Å². The quantitative estimate of drug-likeness (QED) is 0.467. The number of nitrogens with zero attached hydrogens (tertiary/aromatic N) is 5. The first-order chi connectivity index (χ1) is 11.9. The van der Waals surface area contributed by atoms with Crippen LogP contribution in [0.3, 0.4) is 0 Å². The Morgan fingerprint density at radius 3 is 2.68 bits per heavy atom. The van der Waals surface area contributed by atoms with Crippen LogP contribution in [0.5, 0.6) is 0 Å². The second kappa shape index (κ2) is 8.94. The van der Waals surface area contributed by atoms with E-state index < -0.39 is 0 Å². The average Bonchev–Trinajstić information content (AvgIpc) is 3.03. The van der Waals surface area contributed by atoms with Crippen LogP contribution in [0.4, 0.5) is 0 Å². The van der Waals surface area contributed by atoms with Gasteiger partial charge in [-0.15, -0.1) is 0 Å². The third-order valence-corrected chi connectivity index (χ3v) is 4.27. The van der Waals surface area contributed by atoms with Crippen LogP contribution in [0.15, 0.2) is 23.3 Å². The third kappa shape index (κ3) is 5.53. The van der Waals surface area contributed by atoms with Crippen molar-refractivity contribution in [1.82, 2.24) is 24.6 Å². The van der Waals surface area contributed by atoms with Crippen molar-refractivity contribution >= 4 is 17.6 Å². The van der Waals surface area contributed by atoms with E-state index in [1.165, 1.54) is 5.69 Å². The highest BCUT2D eigenvalue weighted by Gasteiger charge is 2.09. The molecule has 0 bridgehead atoms. The summed E-state index contributed by atoms with van der Waals surface area (Å²) in [5.74, 6) is 0.910. The van der Waals surface area contributed by atoms with Gasteiger partial charge in [-0.25, -0.2) is 0 Å². The number of guanidine groups is 1. The van der Waals surface area contributed by atoms with Gasteiger partial charge in [0.05, 0.1) is 17.3 Å². The smallest absolute Gasteiger partial charge is 0.194 e. The summed E-state index contributed by atoms with van der Waals surface area (Å²) < 4.78 is 4.10. The lowest BCUT2D eigenvalue weighted by atomic mass is 10.4. The minimum Gasteiger partial charge on any atom is -0.357 e. The second-order valence-corrected chi connectivity index (χ2v) is 6.79. The molecule has 0 saturated heterocycles. The highest BCUT2D eigenvalue weighted by Crippen LogP contribution is 2.14. The molecule has 7 heteroatoms. The molecule has 0 unspecified atom stereocenters. The van der Waals surface area contributed by atoms with Gasteiger partial charge in [0, 0.05) is 51.3 Å². The molecule has 25 heavy (non-hydrogen) atoms. The van der Waals surface area contributed by atoms with E-state index in [2.05, 4.69) is 35.2 Å². The molecule has 0 aliphatic carbocycles. The van der Waals surface area contributed by atoms with Gasteiger partial charge in [0.25, 0.3) is 0 Å². The maximum absolute atomic E-state index is 6.07. The Balaban J connectivity index is 1.92. The van der Waals surface area contributed by atoms with Gasteiger partial charge in [-0.3, -0.25) is 9.67 Å². The molecular formula is C18H29ClN6. The largest absolute Gasteiger partial charge is 0.357 e. The summed E-state index contributed by atoms with van der Waals surface area (Å²) in [7, 11) is 4.05. The number of halogens is 1. The van der Waals surface area contributed by atoms with Crippen LogP contribution in [0.25, 0.3) is 0 Å². The molecule has 0 fully saturated rings. The van der Waals surface area contributed by atoms with Crippen molar-refractivity contribution < 1.29 is 0 Å². The minimum absolute atomic E-state index is 0.756. The van der Waals surface area contributed by atoms with E-state index in [4.69, 9.17) is 16.6 Å². The first-order valence-electron chi connectivity index (χ1n) is 8.72. The molecule has 0 aliphatic rings. The summed E-state index contributed by atoms with van der Waals surface area (Å²) in [5, 5.41) is 8.61. The van der Waals surface area contributed by atoms with Crippen LogP contribution in [0.2, 0.25) is 5.02 Å². The molecule has 2 rings (SSSR count). The van der Waals surface area contributed by atoms with Crippen LogP contribution in [-0.4, -0.2) is 45.3 Å². The summed E-state index contributed by atoms with van der Waals surface area (Å²) in [6.45, 7) is 9.44. The standard InChI is InChI=1S/C18H29ClN6/c1-6-20-18(24(5)13-17-11-16(19)12-23(17)4)21-8-7-9-25-15(3)10-14(2)22-25/h10-12H,6-9,13H2,1-5H3,(H,20,21). The molecule has 0 amide bonds. The van der Waals surface area contributed by atoms with Crippen molar-refractivity contribution in [2.75, 3.05) is 20.1 Å². The highest BCUT2D eigenvalue weighted by atomic mass is 35.5. The van der Waals surface area contributed by atoms with Gasteiger partial charge in [0.2, 0.25) is 0 Å². The van der Waals surface area contributed by atoms with E-state index in [9.17, 15) is 0 Å². The summed E-state index contributed by atoms with van der Waals surface area (Å²) >= 11 is 6.07.